The Labute approximate surface area is 104 Å². The first-order chi connectivity index (χ1) is 7.84. The van der Waals surface area contributed by atoms with E-state index in [0.29, 0.717) is 6.10 Å². The summed E-state index contributed by atoms with van der Waals surface area (Å²) in [6, 6.07) is 3.94. The SMILES string of the molecule is Brc1ccc(NCCC2CNCCO2)nc1. The van der Waals surface area contributed by atoms with E-state index in [2.05, 4.69) is 31.5 Å². The molecule has 4 nitrogen and oxygen atoms in total. The van der Waals surface area contributed by atoms with Crippen LogP contribution >= 0.6 is 15.9 Å². The molecule has 0 amide bonds. The summed E-state index contributed by atoms with van der Waals surface area (Å²) < 4.78 is 6.60. The number of hydrogen-bond acceptors (Lipinski definition) is 4. The van der Waals surface area contributed by atoms with E-state index in [1.54, 1.807) is 6.20 Å². The molecule has 0 aromatic carbocycles. The number of rotatable bonds is 4. The van der Waals surface area contributed by atoms with E-state index in [9.17, 15) is 0 Å². The fraction of sp³-hybridized carbons (Fsp3) is 0.545. The number of anilines is 1. The number of morpholine rings is 1. The van der Waals surface area contributed by atoms with Gasteiger partial charge in [0.2, 0.25) is 0 Å². The van der Waals surface area contributed by atoms with Crippen LogP contribution in [0.3, 0.4) is 0 Å². The van der Waals surface area contributed by atoms with Gasteiger partial charge in [-0.2, -0.15) is 0 Å². The van der Waals surface area contributed by atoms with Gasteiger partial charge in [0.25, 0.3) is 0 Å². The molecule has 1 saturated heterocycles. The fourth-order valence-corrected chi connectivity index (χ4v) is 1.88. The number of pyridine rings is 1. The predicted octanol–water partition coefficient (Wildman–Crippen LogP) is 1.63. The Morgan fingerprint density at radius 1 is 1.56 bits per heavy atom. The van der Waals surface area contributed by atoms with Gasteiger partial charge < -0.3 is 15.4 Å². The Balaban J connectivity index is 1.69. The highest BCUT2D eigenvalue weighted by molar-refractivity contribution is 9.10. The first-order valence-corrected chi connectivity index (χ1v) is 6.31. The van der Waals surface area contributed by atoms with Crippen molar-refractivity contribution in [3.63, 3.8) is 0 Å². The summed E-state index contributed by atoms with van der Waals surface area (Å²) in [6.45, 7) is 3.63. The van der Waals surface area contributed by atoms with Gasteiger partial charge in [-0.25, -0.2) is 4.98 Å². The Hall–Kier alpha value is -0.650. The van der Waals surface area contributed by atoms with Crippen molar-refractivity contribution >= 4 is 21.7 Å². The first-order valence-electron chi connectivity index (χ1n) is 5.52. The number of aromatic nitrogens is 1. The number of nitrogens with zero attached hydrogens (tertiary/aromatic N) is 1. The molecule has 1 aliphatic rings. The lowest BCUT2D eigenvalue weighted by molar-refractivity contribution is 0.0258. The fourth-order valence-electron chi connectivity index (χ4n) is 1.65. The summed E-state index contributed by atoms with van der Waals surface area (Å²) in [6.07, 6.45) is 3.13. The van der Waals surface area contributed by atoms with Gasteiger partial charge in [-0.1, -0.05) is 0 Å². The molecule has 0 radical (unpaired) electrons. The molecule has 0 bridgehead atoms. The third kappa shape index (κ3) is 3.73. The Bertz CT molecular complexity index is 312. The summed E-state index contributed by atoms with van der Waals surface area (Å²) in [5, 5.41) is 6.60. The lowest BCUT2D eigenvalue weighted by Crippen LogP contribution is -2.39. The monoisotopic (exact) mass is 285 g/mol. The second-order valence-electron chi connectivity index (χ2n) is 3.77. The van der Waals surface area contributed by atoms with Crippen LogP contribution in [0.15, 0.2) is 22.8 Å². The van der Waals surface area contributed by atoms with Gasteiger partial charge in [0.05, 0.1) is 12.7 Å². The van der Waals surface area contributed by atoms with Crippen molar-refractivity contribution < 1.29 is 4.74 Å². The summed E-state index contributed by atoms with van der Waals surface area (Å²) in [5.74, 6) is 0.909. The van der Waals surface area contributed by atoms with E-state index in [1.807, 2.05) is 12.1 Å². The van der Waals surface area contributed by atoms with Crippen LogP contribution in [0.2, 0.25) is 0 Å². The molecule has 0 spiro atoms. The molecule has 1 atom stereocenters. The average molecular weight is 286 g/mol. The van der Waals surface area contributed by atoms with Crippen molar-refractivity contribution in [2.24, 2.45) is 0 Å². The molecule has 2 rings (SSSR count). The van der Waals surface area contributed by atoms with E-state index < -0.39 is 0 Å². The number of hydrogen-bond donors (Lipinski definition) is 2. The van der Waals surface area contributed by atoms with E-state index >= 15 is 0 Å². The third-order valence-corrected chi connectivity index (χ3v) is 2.97. The van der Waals surface area contributed by atoms with Crippen molar-refractivity contribution in [2.75, 3.05) is 31.6 Å². The van der Waals surface area contributed by atoms with Crippen molar-refractivity contribution in [1.82, 2.24) is 10.3 Å². The van der Waals surface area contributed by atoms with Crippen molar-refractivity contribution in [1.29, 1.82) is 0 Å². The van der Waals surface area contributed by atoms with Crippen LogP contribution in [-0.2, 0) is 4.74 Å². The molecule has 5 heteroatoms. The normalized spacial score (nSPS) is 20.7. The minimum absolute atomic E-state index is 0.330. The zero-order valence-electron chi connectivity index (χ0n) is 9.08. The van der Waals surface area contributed by atoms with Gasteiger partial charge in [0, 0.05) is 30.3 Å². The Morgan fingerprint density at radius 2 is 2.50 bits per heavy atom. The van der Waals surface area contributed by atoms with Crippen molar-refractivity contribution in [3.05, 3.63) is 22.8 Å². The number of halogens is 1. The minimum atomic E-state index is 0.330. The molecule has 1 unspecified atom stereocenters. The largest absolute Gasteiger partial charge is 0.376 e. The quantitative estimate of drug-likeness (QED) is 0.883. The molecule has 0 saturated carbocycles. The second kappa shape index (κ2) is 6.18. The highest BCUT2D eigenvalue weighted by atomic mass is 79.9. The second-order valence-corrected chi connectivity index (χ2v) is 4.69. The first kappa shape index (κ1) is 11.8. The van der Waals surface area contributed by atoms with Crippen LogP contribution in [0.1, 0.15) is 6.42 Å². The zero-order valence-corrected chi connectivity index (χ0v) is 10.7. The average Bonchev–Trinajstić information content (AvgIpc) is 2.33. The molecule has 1 fully saturated rings. The molecule has 1 aliphatic heterocycles. The molecule has 88 valence electrons. The van der Waals surface area contributed by atoms with Crippen LogP contribution in [0, 0.1) is 0 Å². The highest BCUT2D eigenvalue weighted by Gasteiger charge is 2.12. The summed E-state index contributed by atoms with van der Waals surface area (Å²) >= 11 is 3.36. The predicted molar refractivity (Wildman–Crippen MR) is 67.7 cm³/mol. The molecular formula is C11H16BrN3O. The maximum atomic E-state index is 5.60. The molecule has 1 aromatic rings. The van der Waals surface area contributed by atoms with Crippen LogP contribution in [0.4, 0.5) is 5.82 Å². The van der Waals surface area contributed by atoms with Crippen LogP contribution in [0.25, 0.3) is 0 Å². The van der Waals surface area contributed by atoms with E-state index in [0.717, 1.165) is 43.0 Å². The zero-order chi connectivity index (χ0) is 11.2. The third-order valence-electron chi connectivity index (χ3n) is 2.50. The molecule has 0 aliphatic carbocycles. The van der Waals surface area contributed by atoms with E-state index in [-0.39, 0.29) is 0 Å². The van der Waals surface area contributed by atoms with Crippen LogP contribution in [-0.4, -0.2) is 37.3 Å². The van der Waals surface area contributed by atoms with Crippen LogP contribution in [0.5, 0.6) is 0 Å². The molecule has 2 N–H and O–H groups in total. The topological polar surface area (TPSA) is 46.2 Å². The van der Waals surface area contributed by atoms with Gasteiger partial charge in [-0.05, 0) is 34.5 Å². The molecule has 2 heterocycles. The van der Waals surface area contributed by atoms with E-state index in [1.165, 1.54) is 0 Å². The van der Waals surface area contributed by atoms with Gasteiger partial charge in [0.15, 0.2) is 0 Å². The van der Waals surface area contributed by atoms with Gasteiger partial charge in [-0.3, -0.25) is 0 Å². The summed E-state index contributed by atoms with van der Waals surface area (Å²) in [4.78, 5) is 4.25. The lowest BCUT2D eigenvalue weighted by atomic mass is 10.2. The summed E-state index contributed by atoms with van der Waals surface area (Å²) in [7, 11) is 0. The lowest BCUT2D eigenvalue weighted by Gasteiger charge is -2.23. The number of nitrogens with one attached hydrogen (secondary N) is 2. The van der Waals surface area contributed by atoms with E-state index in [4.69, 9.17) is 4.74 Å². The molecular weight excluding hydrogens is 270 g/mol. The van der Waals surface area contributed by atoms with Crippen molar-refractivity contribution in [3.8, 4) is 0 Å². The highest BCUT2D eigenvalue weighted by Crippen LogP contribution is 2.10. The van der Waals surface area contributed by atoms with Gasteiger partial charge >= 0.3 is 0 Å². The Kier molecular flexibility index (Phi) is 4.56. The maximum Gasteiger partial charge on any atom is 0.125 e. The minimum Gasteiger partial charge on any atom is -0.376 e. The molecule has 1 aromatic heterocycles. The maximum absolute atomic E-state index is 5.60. The van der Waals surface area contributed by atoms with Gasteiger partial charge in [-0.15, -0.1) is 0 Å². The molecule has 16 heavy (non-hydrogen) atoms. The Morgan fingerprint density at radius 3 is 3.19 bits per heavy atom. The van der Waals surface area contributed by atoms with Crippen LogP contribution < -0.4 is 10.6 Å². The summed E-state index contributed by atoms with van der Waals surface area (Å²) in [5.41, 5.74) is 0. The van der Waals surface area contributed by atoms with Gasteiger partial charge in [0.1, 0.15) is 5.82 Å². The van der Waals surface area contributed by atoms with Crippen molar-refractivity contribution in [2.45, 2.75) is 12.5 Å². The number of ether oxygens (including phenoxy) is 1. The standard InChI is InChI=1S/C11H16BrN3O/c12-9-1-2-11(15-7-9)14-4-3-10-8-13-5-6-16-10/h1-2,7,10,13H,3-6,8H2,(H,14,15). The smallest absolute Gasteiger partial charge is 0.125 e.